The van der Waals surface area contributed by atoms with Crippen LogP contribution in [0.25, 0.3) is 22.9 Å². The molecule has 0 radical (unpaired) electrons. The van der Waals surface area contributed by atoms with Gasteiger partial charge >= 0.3 is 6.61 Å². The summed E-state index contributed by atoms with van der Waals surface area (Å²) >= 11 is 1.36. The van der Waals surface area contributed by atoms with Crippen LogP contribution in [0.5, 0.6) is 5.75 Å². The van der Waals surface area contributed by atoms with E-state index < -0.39 is 6.61 Å². The molecule has 4 nitrogen and oxygen atoms in total. The molecule has 0 aliphatic heterocycles. The second kappa shape index (κ2) is 7.64. The predicted octanol–water partition coefficient (Wildman–Crippen LogP) is 4.87. The molecule has 2 heterocycles. The molecule has 0 fully saturated rings. The van der Waals surface area contributed by atoms with Gasteiger partial charge in [0, 0.05) is 23.3 Å². The van der Waals surface area contributed by atoms with Crippen LogP contribution in [0.1, 0.15) is 10.6 Å². The normalized spacial score (nSPS) is 11.4. The summed E-state index contributed by atoms with van der Waals surface area (Å²) in [5.74, 6) is 0.0693. The van der Waals surface area contributed by atoms with Gasteiger partial charge in [-0.25, -0.2) is 4.98 Å². The van der Waals surface area contributed by atoms with Crippen molar-refractivity contribution in [2.45, 2.75) is 6.61 Å². The molecule has 3 aromatic rings. The lowest BCUT2D eigenvalue weighted by molar-refractivity contribution is -0.0498. The number of nitrogens with zero attached hydrogens (tertiary/aromatic N) is 3. The van der Waals surface area contributed by atoms with E-state index in [-0.39, 0.29) is 5.75 Å². The number of ether oxygens (including phenoxy) is 1. The molecule has 0 amide bonds. The summed E-state index contributed by atoms with van der Waals surface area (Å²) in [4.78, 5) is 8.45. The lowest BCUT2D eigenvalue weighted by Crippen LogP contribution is -2.01. The molecular weight excluding hydrogens is 344 g/mol. The van der Waals surface area contributed by atoms with Gasteiger partial charge in [-0.3, -0.25) is 4.98 Å². The maximum atomic E-state index is 12.2. The average molecular weight is 355 g/mol. The van der Waals surface area contributed by atoms with E-state index in [9.17, 15) is 14.0 Å². The van der Waals surface area contributed by atoms with Gasteiger partial charge in [0.2, 0.25) is 0 Å². The third kappa shape index (κ3) is 4.25. The van der Waals surface area contributed by atoms with Crippen LogP contribution in [0.3, 0.4) is 0 Å². The Labute approximate surface area is 146 Å². The number of thiazole rings is 1. The summed E-state index contributed by atoms with van der Waals surface area (Å²) in [6, 6.07) is 11.9. The first-order valence-corrected chi connectivity index (χ1v) is 8.06. The average Bonchev–Trinajstić information content (AvgIpc) is 3.11. The van der Waals surface area contributed by atoms with Gasteiger partial charge in [0.05, 0.1) is 11.3 Å². The van der Waals surface area contributed by atoms with Crippen molar-refractivity contribution >= 4 is 23.0 Å². The van der Waals surface area contributed by atoms with E-state index >= 15 is 0 Å². The van der Waals surface area contributed by atoms with E-state index in [2.05, 4.69) is 20.8 Å². The highest BCUT2D eigenvalue weighted by atomic mass is 32.1. The van der Waals surface area contributed by atoms with Crippen molar-refractivity contribution in [1.29, 1.82) is 5.26 Å². The van der Waals surface area contributed by atoms with Gasteiger partial charge in [0.1, 0.15) is 16.8 Å². The van der Waals surface area contributed by atoms with Gasteiger partial charge in [-0.1, -0.05) is 12.1 Å². The van der Waals surface area contributed by atoms with Gasteiger partial charge in [-0.2, -0.15) is 14.0 Å². The molecule has 0 saturated carbocycles. The molecule has 0 atom stereocenters. The van der Waals surface area contributed by atoms with E-state index in [1.807, 2.05) is 17.5 Å². The molecule has 25 heavy (non-hydrogen) atoms. The van der Waals surface area contributed by atoms with Crippen LogP contribution in [0.4, 0.5) is 8.78 Å². The second-order valence-corrected chi connectivity index (χ2v) is 5.75. The molecule has 0 N–H and O–H groups in total. The van der Waals surface area contributed by atoms with E-state index in [1.54, 1.807) is 30.6 Å². The molecule has 7 heteroatoms. The smallest absolute Gasteiger partial charge is 0.387 e. The SMILES string of the molecule is N#C/C(=C/c1ccc(OC(F)F)cc1)c1nc(-c2ccncc2)cs1. The van der Waals surface area contributed by atoms with Gasteiger partial charge < -0.3 is 4.74 Å². The highest BCUT2D eigenvalue weighted by molar-refractivity contribution is 7.11. The molecule has 0 spiro atoms. The Hall–Kier alpha value is -3.11. The fourth-order valence-corrected chi connectivity index (χ4v) is 2.90. The summed E-state index contributed by atoms with van der Waals surface area (Å²) < 4.78 is 28.6. The van der Waals surface area contributed by atoms with Crippen molar-refractivity contribution in [1.82, 2.24) is 9.97 Å². The third-order valence-electron chi connectivity index (χ3n) is 3.25. The first-order chi connectivity index (χ1) is 12.2. The number of halogens is 2. The fraction of sp³-hybridized carbons (Fsp3) is 0.0556. The lowest BCUT2D eigenvalue weighted by Gasteiger charge is -2.04. The summed E-state index contributed by atoms with van der Waals surface area (Å²) in [6.45, 7) is -2.86. The third-order valence-corrected chi connectivity index (χ3v) is 4.12. The van der Waals surface area contributed by atoms with E-state index in [0.717, 1.165) is 11.3 Å². The second-order valence-electron chi connectivity index (χ2n) is 4.89. The molecular formula is C18H11F2N3OS. The number of hydrogen-bond donors (Lipinski definition) is 0. The van der Waals surface area contributed by atoms with E-state index in [1.165, 1.54) is 23.5 Å². The van der Waals surface area contributed by atoms with Crippen molar-refractivity contribution in [2.75, 3.05) is 0 Å². The van der Waals surface area contributed by atoms with Crippen LogP contribution in [-0.4, -0.2) is 16.6 Å². The predicted molar refractivity (Wildman–Crippen MR) is 91.9 cm³/mol. The molecule has 124 valence electrons. The van der Waals surface area contributed by atoms with Crippen molar-refractivity contribution < 1.29 is 13.5 Å². The monoisotopic (exact) mass is 355 g/mol. The van der Waals surface area contributed by atoms with E-state index in [0.29, 0.717) is 16.1 Å². The van der Waals surface area contributed by atoms with Crippen LogP contribution in [0, 0.1) is 11.3 Å². The molecule has 3 rings (SSSR count). The Morgan fingerprint density at radius 1 is 1.16 bits per heavy atom. The number of rotatable bonds is 5. The Morgan fingerprint density at radius 2 is 1.88 bits per heavy atom. The van der Waals surface area contributed by atoms with Gasteiger partial charge in [0.15, 0.2) is 0 Å². The highest BCUT2D eigenvalue weighted by Crippen LogP contribution is 2.27. The summed E-state index contributed by atoms with van der Waals surface area (Å²) in [7, 11) is 0. The van der Waals surface area contributed by atoms with Crippen LogP contribution >= 0.6 is 11.3 Å². The molecule has 0 unspecified atom stereocenters. The number of benzene rings is 1. The Kier molecular flexibility index (Phi) is 5.11. The minimum Gasteiger partial charge on any atom is -0.435 e. The first-order valence-electron chi connectivity index (χ1n) is 7.18. The van der Waals surface area contributed by atoms with Gasteiger partial charge in [0.25, 0.3) is 0 Å². The molecule has 0 bridgehead atoms. The van der Waals surface area contributed by atoms with Gasteiger partial charge in [-0.15, -0.1) is 11.3 Å². The van der Waals surface area contributed by atoms with Crippen LogP contribution in [0.2, 0.25) is 0 Å². The lowest BCUT2D eigenvalue weighted by atomic mass is 10.1. The van der Waals surface area contributed by atoms with Crippen molar-refractivity contribution in [3.8, 4) is 23.1 Å². The zero-order valence-corrected chi connectivity index (χ0v) is 13.6. The summed E-state index contributed by atoms with van der Waals surface area (Å²) in [5.41, 5.74) is 2.78. The zero-order valence-electron chi connectivity index (χ0n) is 12.8. The minimum atomic E-state index is -2.86. The molecule has 2 aromatic heterocycles. The number of aromatic nitrogens is 2. The van der Waals surface area contributed by atoms with Crippen LogP contribution < -0.4 is 4.74 Å². The van der Waals surface area contributed by atoms with Gasteiger partial charge in [-0.05, 0) is 35.9 Å². The van der Waals surface area contributed by atoms with Crippen LogP contribution in [-0.2, 0) is 0 Å². The van der Waals surface area contributed by atoms with Crippen LogP contribution in [0.15, 0.2) is 54.2 Å². The maximum Gasteiger partial charge on any atom is 0.387 e. The number of hydrogen-bond acceptors (Lipinski definition) is 5. The zero-order chi connectivity index (χ0) is 17.6. The Morgan fingerprint density at radius 3 is 2.52 bits per heavy atom. The maximum absolute atomic E-state index is 12.2. The van der Waals surface area contributed by atoms with Crippen molar-refractivity contribution in [3.05, 3.63) is 64.7 Å². The fourth-order valence-electron chi connectivity index (χ4n) is 2.11. The highest BCUT2D eigenvalue weighted by Gasteiger charge is 2.09. The first kappa shape index (κ1) is 16.7. The van der Waals surface area contributed by atoms with Crippen molar-refractivity contribution in [2.24, 2.45) is 0 Å². The Bertz CT molecular complexity index is 915. The van der Waals surface area contributed by atoms with Crippen molar-refractivity contribution in [3.63, 3.8) is 0 Å². The minimum absolute atomic E-state index is 0.0693. The Balaban J connectivity index is 1.84. The molecule has 0 aliphatic carbocycles. The number of pyridine rings is 1. The van der Waals surface area contributed by atoms with E-state index in [4.69, 9.17) is 0 Å². The number of alkyl halides is 2. The largest absolute Gasteiger partial charge is 0.435 e. The molecule has 0 saturated heterocycles. The molecule has 1 aromatic carbocycles. The summed E-state index contributed by atoms with van der Waals surface area (Å²) in [6.07, 6.45) is 5.01. The quantitative estimate of drug-likeness (QED) is 0.613. The number of nitriles is 1. The molecule has 0 aliphatic rings. The standard InChI is InChI=1S/C18H11F2N3OS/c19-18(20)24-15-3-1-12(2-4-15)9-14(10-21)17-23-16(11-25-17)13-5-7-22-8-6-13/h1-9,11,18H/b14-9-. The number of allylic oxidation sites excluding steroid dienone is 1. The topological polar surface area (TPSA) is 58.8 Å². The summed E-state index contributed by atoms with van der Waals surface area (Å²) in [5, 5.41) is 11.9.